The number of hydrogen-bond donors (Lipinski definition) is 2. The largest absolute Gasteiger partial charge is 0.786 e. The highest BCUT2D eigenvalue weighted by Gasteiger charge is 2.05. The van der Waals surface area contributed by atoms with Crippen LogP contribution in [0.2, 0.25) is 0 Å². The molecular formula is C21H41N2O2-. The summed E-state index contributed by atoms with van der Waals surface area (Å²) in [6.45, 7) is 4.13. The first-order valence-electron chi connectivity index (χ1n) is 10.6. The maximum Gasteiger partial charge on any atom is 0.221 e. The Labute approximate surface area is 155 Å². The average molecular weight is 354 g/mol. The molecule has 0 saturated heterocycles. The minimum atomic E-state index is -0.435. The highest BCUT2D eigenvalue weighted by molar-refractivity contribution is 5.76. The Balaban J connectivity index is 3.28. The number of unbranched alkanes of at least 4 members (excludes halogenated alkanes) is 11. The van der Waals surface area contributed by atoms with Gasteiger partial charge in [0.15, 0.2) is 0 Å². The fourth-order valence-corrected chi connectivity index (χ4v) is 2.84. The summed E-state index contributed by atoms with van der Waals surface area (Å²) in [4.78, 5) is 11.6. The van der Waals surface area contributed by atoms with Crippen molar-refractivity contribution >= 4 is 5.91 Å². The van der Waals surface area contributed by atoms with Crippen molar-refractivity contribution in [3.63, 3.8) is 0 Å². The topological polar surface area (TPSA) is 64.2 Å². The van der Waals surface area contributed by atoms with Crippen LogP contribution in [0.15, 0.2) is 12.2 Å². The van der Waals surface area contributed by atoms with E-state index in [4.69, 9.17) is 0 Å². The zero-order valence-corrected chi connectivity index (χ0v) is 16.7. The van der Waals surface area contributed by atoms with Crippen molar-refractivity contribution in [1.82, 2.24) is 10.8 Å². The lowest BCUT2D eigenvalue weighted by Crippen LogP contribution is -2.42. The molecule has 0 radical (unpaired) electrons. The number of carbonyl (C=O) groups excluding carboxylic acids is 1. The van der Waals surface area contributed by atoms with E-state index in [-0.39, 0.29) is 5.91 Å². The van der Waals surface area contributed by atoms with Crippen molar-refractivity contribution in [3.8, 4) is 0 Å². The number of amides is 1. The van der Waals surface area contributed by atoms with Crippen molar-refractivity contribution in [3.05, 3.63) is 17.4 Å². The van der Waals surface area contributed by atoms with Crippen molar-refractivity contribution in [2.75, 3.05) is 0 Å². The van der Waals surface area contributed by atoms with E-state index >= 15 is 0 Å². The molecule has 0 saturated carbocycles. The average Bonchev–Trinajstić information content (AvgIpc) is 2.62. The number of hydroxylamine groups is 1. The van der Waals surface area contributed by atoms with E-state index in [1.807, 2.05) is 12.4 Å². The smallest absolute Gasteiger partial charge is 0.221 e. The minimum Gasteiger partial charge on any atom is -0.786 e. The SMILES string of the molecule is CCCCCCCC/C=C\CCCCCCCC(=O)NC(CC)N[O-]. The third kappa shape index (κ3) is 17.7. The van der Waals surface area contributed by atoms with Crippen LogP contribution in [0.5, 0.6) is 0 Å². The number of allylic oxidation sites excluding steroid dienone is 2. The Kier molecular flexibility index (Phi) is 18.8. The summed E-state index contributed by atoms with van der Waals surface area (Å²) in [5, 5.41) is 13.2. The molecule has 0 spiro atoms. The van der Waals surface area contributed by atoms with Gasteiger partial charge in [0.25, 0.3) is 0 Å². The zero-order valence-electron chi connectivity index (χ0n) is 16.7. The van der Waals surface area contributed by atoms with Crippen molar-refractivity contribution in [2.24, 2.45) is 0 Å². The summed E-state index contributed by atoms with van der Waals surface area (Å²) in [5.41, 5.74) is 1.85. The van der Waals surface area contributed by atoms with Gasteiger partial charge in [0, 0.05) is 6.42 Å². The van der Waals surface area contributed by atoms with Gasteiger partial charge in [-0.05, 0) is 38.5 Å². The van der Waals surface area contributed by atoms with Crippen molar-refractivity contribution < 1.29 is 4.79 Å². The van der Waals surface area contributed by atoms with Crippen LogP contribution in [0.4, 0.5) is 0 Å². The highest BCUT2D eigenvalue weighted by Crippen LogP contribution is 2.10. The molecular weight excluding hydrogens is 312 g/mol. The van der Waals surface area contributed by atoms with Crippen LogP contribution >= 0.6 is 0 Å². The molecule has 0 aromatic rings. The van der Waals surface area contributed by atoms with Crippen LogP contribution in [0, 0.1) is 5.21 Å². The van der Waals surface area contributed by atoms with E-state index in [1.54, 1.807) is 0 Å². The van der Waals surface area contributed by atoms with Crippen LogP contribution in [-0.4, -0.2) is 12.1 Å². The normalized spacial score (nSPS) is 12.6. The van der Waals surface area contributed by atoms with Gasteiger partial charge in [-0.3, -0.25) is 4.79 Å². The highest BCUT2D eigenvalue weighted by atomic mass is 16.5. The molecule has 148 valence electrons. The first-order valence-corrected chi connectivity index (χ1v) is 10.6. The van der Waals surface area contributed by atoms with Gasteiger partial charge in [-0.25, -0.2) is 0 Å². The number of carbonyl (C=O) groups is 1. The van der Waals surface area contributed by atoms with Crippen LogP contribution in [0.3, 0.4) is 0 Å². The van der Waals surface area contributed by atoms with Gasteiger partial charge in [0.1, 0.15) is 0 Å². The van der Waals surface area contributed by atoms with E-state index in [2.05, 4.69) is 24.4 Å². The fourth-order valence-electron chi connectivity index (χ4n) is 2.84. The van der Waals surface area contributed by atoms with Crippen molar-refractivity contribution in [1.29, 1.82) is 0 Å². The third-order valence-corrected chi connectivity index (χ3v) is 4.55. The molecule has 1 atom stereocenters. The molecule has 0 aromatic carbocycles. The molecule has 0 aliphatic heterocycles. The molecule has 2 N–H and O–H groups in total. The molecule has 0 fully saturated rings. The second-order valence-corrected chi connectivity index (χ2v) is 6.98. The second-order valence-electron chi connectivity index (χ2n) is 6.98. The van der Waals surface area contributed by atoms with Crippen molar-refractivity contribution in [2.45, 2.75) is 116 Å². The fraction of sp³-hybridized carbons (Fsp3) is 0.857. The molecule has 0 rings (SSSR count). The quantitative estimate of drug-likeness (QED) is 0.138. The standard InChI is InChI=1S/C21H41N2O2/c1-3-5-6-7-8-9-10-11-12-13-14-15-16-17-18-19-21(24)22-20(4-2)23-25/h11-12,20,23H,3-10,13-19H2,1-2H3,(H,22,24)/q-1/b12-11-. The summed E-state index contributed by atoms with van der Waals surface area (Å²) in [5.74, 6) is -0.0205. The monoisotopic (exact) mass is 353 g/mol. The molecule has 0 aliphatic rings. The van der Waals surface area contributed by atoms with Crippen LogP contribution < -0.4 is 10.8 Å². The summed E-state index contributed by atoms with van der Waals surface area (Å²) >= 11 is 0. The van der Waals surface area contributed by atoms with Gasteiger partial charge in [0.05, 0.1) is 6.17 Å². The Hall–Kier alpha value is -0.870. The van der Waals surface area contributed by atoms with Gasteiger partial charge in [-0.1, -0.05) is 77.4 Å². The molecule has 0 aromatic heterocycles. The summed E-state index contributed by atoms with van der Waals surface area (Å²) < 4.78 is 0. The summed E-state index contributed by atoms with van der Waals surface area (Å²) in [7, 11) is 0. The Bertz CT molecular complexity index is 315. The van der Waals surface area contributed by atoms with Gasteiger partial charge in [0.2, 0.25) is 5.91 Å². The number of rotatable bonds is 18. The Morgan fingerprint density at radius 1 is 0.840 bits per heavy atom. The van der Waals surface area contributed by atoms with E-state index in [1.165, 1.54) is 70.6 Å². The van der Waals surface area contributed by atoms with E-state index in [9.17, 15) is 10.0 Å². The van der Waals surface area contributed by atoms with Gasteiger partial charge in [-0.15, -0.1) is 0 Å². The predicted molar refractivity (Wildman–Crippen MR) is 108 cm³/mol. The van der Waals surface area contributed by atoms with Crippen LogP contribution in [0.1, 0.15) is 110 Å². The summed E-state index contributed by atoms with van der Waals surface area (Å²) in [6, 6.07) is 0. The van der Waals surface area contributed by atoms with Gasteiger partial charge < -0.3 is 16.0 Å². The lowest BCUT2D eigenvalue weighted by molar-refractivity contribution is -0.122. The van der Waals surface area contributed by atoms with Crippen LogP contribution in [-0.2, 0) is 4.79 Å². The van der Waals surface area contributed by atoms with E-state index in [0.717, 1.165) is 12.8 Å². The first-order chi connectivity index (χ1) is 12.2. The lowest BCUT2D eigenvalue weighted by Gasteiger charge is -2.21. The molecule has 4 nitrogen and oxygen atoms in total. The Morgan fingerprint density at radius 3 is 1.88 bits per heavy atom. The van der Waals surface area contributed by atoms with E-state index < -0.39 is 6.17 Å². The first kappa shape index (κ1) is 24.1. The second kappa shape index (κ2) is 19.5. The predicted octanol–water partition coefficient (Wildman–Crippen LogP) is 5.96. The van der Waals surface area contributed by atoms with Gasteiger partial charge in [-0.2, -0.15) is 0 Å². The van der Waals surface area contributed by atoms with Crippen LogP contribution in [0.25, 0.3) is 0 Å². The van der Waals surface area contributed by atoms with E-state index in [0.29, 0.717) is 12.8 Å². The molecule has 0 heterocycles. The summed E-state index contributed by atoms with van der Waals surface area (Å²) in [6.07, 6.45) is 21.7. The number of hydrogen-bond acceptors (Lipinski definition) is 3. The number of nitrogens with one attached hydrogen (secondary N) is 2. The third-order valence-electron chi connectivity index (χ3n) is 4.55. The Morgan fingerprint density at radius 2 is 1.36 bits per heavy atom. The minimum absolute atomic E-state index is 0.0205. The molecule has 0 bridgehead atoms. The maximum atomic E-state index is 11.6. The molecule has 4 heteroatoms. The van der Waals surface area contributed by atoms with Gasteiger partial charge >= 0.3 is 0 Å². The molecule has 0 aliphatic carbocycles. The lowest BCUT2D eigenvalue weighted by atomic mass is 10.1. The molecule has 1 amide bonds. The molecule has 1 unspecified atom stereocenters. The maximum absolute atomic E-state index is 11.6. The zero-order chi connectivity index (χ0) is 18.6. The molecule has 25 heavy (non-hydrogen) atoms.